The number of amides is 2. The van der Waals surface area contributed by atoms with Crippen molar-refractivity contribution in [3.05, 3.63) is 42.5 Å². The zero-order valence-corrected chi connectivity index (χ0v) is 12.8. The summed E-state index contributed by atoms with van der Waals surface area (Å²) >= 11 is 1.65. The summed E-state index contributed by atoms with van der Waals surface area (Å²) in [6.45, 7) is 0.0692. The van der Waals surface area contributed by atoms with Crippen LogP contribution in [0.15, 0.2) is 42.5 Å². The van der Waals surface area contributed by atoms with Crippen LogP contribution in [0.1, 0.15) is 6.42 Å². The first-order valence-electron chi connectivity index (χ1n) is 6.89. The average molecular weight is 304 g/mol. The molecule has 2 aromatic rings. The highest BCUT2D eigenvalue weighted by Gasteiger charge is 2.12. The Balaban J connectivity index is 2.07. The molecule has 0 aromatic heterocycles. The quantitative estimate of drug-likeness (QED) is 0.768. The summed E-state index contributed by atoms with van der Waals surface area (Å²) in [5.41, 5.74) is 0.789. The molecule has 2 amide bonds. The lowest BCUT2D eigenvalue weighted by atomic mass is 10.1. The molecule has 0 spiro atoms. The Morgan fingerprint density at radius 1 is 1.24 bits per heavy atom. The number of hydrogen-bond acceptors (Lipinski definition) is 3. The Morgan fingerprint density at radius 3 is 2.76 bits per heavy atom. The number of urea groups is 1. The first kappa shape index (κ1) is 15.7. The average Bonchev–Trinajstić information content (AvgIpc) is 2.48. The van der Waals surface area contributed by atoms with E-state index in [4.69, 9.17) is 5.11 Å². The van der Waals surface area contributed by atoms with Crippen LogP contribution in [-0.4, -0.2) is 35.8 Å². The van der Waals surface area contributed by atoms with E-state index in [1.54, 1.807) is 11.8 Å². The summed E-state index contributed by atoms with van der Waals surface area (Å²) < 4.78 is 0. The van der Waals surface area contributed by atoms with Crippen LogP contribution in [0.2, 0.25) is 0 Å². The van der Waals surface area contributed by atoms with Crippen LogP contribution in [0.25, 0.3) is 10.8 Å². The number of hydrogen-bond donors (Lipinski definition) is 3. The Bertz CT molecular complexity index is 592. The Morgan fingerprint density at radius 2 is 2.00 bits per heavy atom. The van der Waals surface area contributed by atoms with Gasteiger partial charge in [-0.05, 0) is 24.1 Å². The Hall–Kier alpha value is -1.72. The lowest BCUT2D eigenvalue weighted by Crippen LogP contribution is -2.40. The summed E-state index contributed by atoms with van der Waals surface area (Å²) in [6, 6.07) is 13.5. The Kier molecular flexibility index (Phi) is 5.90. The molecule has 0 heterocycles. The fourth-order valence-electron chi connectivity index (χ4n) is 2.23. The Labute approximate surface area is 128 Å². The molecule has 4 nitrogen and oxygen atoms in total. The van der Waals surface area contributed by atoms with Crippen LogP contribution < -0.4 is 10.6 Å². The van der Waals surface area contributed by atoms with Gasteiger partial charge in [0.05, 0.1) is 5.69 Å². The molecular weight excluding hydrogens is 284 g/mol. The summed E-state index contributed by atoms with van der Waals surface area (Å²) in [7, 11) is 0. The van der Waals surface area contributed by atoms with Crippen molar-refractivity contribution in [2.45, 2.75) is 12.5 Å². The number of nitrogens with one attached hydrogen (secondary N) is 2. The molecule has 0 aliphatic rings. The van der Waals surface area contributed by atoms with Gasteiger partial charge in [0.25, 0.3) is 0 Å². The number of aliphatic hydroxyl groups is 1. The van der Waals surface area contributed by atoms with Gasteiger partial charge in [-0.15, -0.1) is 0 Å². The topological polar surface area (TPSA) is 61.4 Å². The molecule has 2 rings (SSSR count). The minimum atomic E-state index is -0.237. The van der Waals surface area contributed by atoms with Crippen molar-refractivity contribution in [3.8, 4) is 0 Å². The van der Waals surface area contributed by atoms with E-state index in [1.165, 1.54) is 0 Å². The SMILES string of the molecule is CSC[C@@H](CCO)NC(=O)Nc1cccc2ccccc12. The van der Waals surface area contributed by atoms with Gasteiger partial charge < -0.3 is 15.7 Å². The highest BCUT2D eigenvalue weighted by Crippen LogP contribution is 2.22. The van der Waals surface area contributed by atoms with Crippen LogP contribution in [0.3, 0.4) is 0 Å². The van der Waals surface area contributed by atoms with Gasteiger partial charge in [0.15, 0.2) is 0 Å². The maximum absolute atomic E-state index is 12.1. The molecule has 0 fully saturated rings. The monoisotopic (exact) mass is 304 g/mol. The maximum atomic E-state index is 12.1. The molecule has 1 atom stereocenters. The molecule has 0 bridgehead atoms. The van der Waals surface area contributed by atoms with Crippen molar-refractivity contribution >= 4 is 34.3 Å². The molecule has 2 aromatic carbocycles. The van der Waals surface area contributed by atoms with Crippen molar-refractivity contribution in [1.29, 1.82) is 0 Å². The first-order valence-corrected chi connectivity index (χ1v) is 8.29. The number of anilines is 1. The molecular formula is C16H20N2O2S. The number of thioether (sulfide) groups is 1. The second-order valence-corrected chi connectivity index (χ2v) is 5.70. The second kappa shape index (κ2) is 7.90. The fourth-order valence-corrected chi connectivity index (χ4v) is 2.88. The number of benzene rings is 2. The van der Waals surface area contributed by atoms with Crippen molar-refractivity contribution in [3.63, 3.8) is 0 Å². The predicted octanol–water partition coefficient (Wildman–Crippen LogP) is 3.08. The standard InChI is InChI=1S/C16H20N2O2S/c1-21-11-13(9-10-19)17-16(20)18-15-8-4-6-12-5-2-3-7-14(12)15/h2-8,13,19H,9-11H2,1H3,(H2,17,18,20)/t13-/m1/s1. The van der Waals surface area contributed by atoms with Gasteiger partial charge in [0.2, 0.25) is 0 Å². The van der Waals surface area contributed by atoms with Crippen molar-refractivity contribution in [1.82, 2.24) is 5.32 Å². The van der Waals surface area contributed by atoms with Crippen LogP contribution >= 0.6 is 11.8 Å². The van der Waals surface area contributed by atoms with Gasteiger partial charge >= 0.3 is 6.03 Å². The molecule has 0 radical (unpaired) electrons. The van der Waals surface area contributed by atoms with Gasteiger partial charge in [0, 0.05) is 23.8 Å². The smallest absolute Gasteiger partial charge is 0.319 e. The second-order valence-electron chi connectivity index (χ2n) is 4.79. The van der Waals surface area contributed by atoms with E-state index in [9.17, 15) is 4.79 Å². The number of carbonyl (C=O) groups excluding carboxylic acids is 1. The summed E-state index contributed by atoms with van der Waals surface area (Å²) in [5, 5.41) is 16.9. The highest BCUT2D eigenvalue weighted by atomic mass is 32.2. The van der Waals surface area contributed by atoms with E-state index >= 15 is 0 Å². The van der Waals surface area contributed by atoms with E-state index in [-0.39, 0.29) is 18.7 Å². The van der Waals surface area contributed by atoms with Crippen molar-refractivity contribution in [2.24, 2.45) is 0 Å². The third-order valence-electron chi connectivity index (χ3n) is 3.22. The van der Waals surface area contributed by atoms with Crippen LogP contribution in [0, 0.1) is 0 Å². The fraction of sp³-hybridized carbons (Fsp3) is 0.312. The molecule has 21 heavy (non-hydrogen) atoms. The van der Waals surface area contributed by atoms with Gasteiger partial charge in [-0.2, -0.15) is 11.8 Å². The summed E-state index contributed by atoms with van der Waals surface area (Å²) in [5.74, 6) is 0.781. The molecule has 0 saturated carbocycles. The number of rotatable bonds is 6. The molecule has 0 aliphatic carbocycles. The molecule has 3 N–H and O–H groups in total. The minimum Gasteiger partial charge on any atom is -0.396 e. The van der Waals surface area contributed by atoms with Crippen molar-refractivity contribution in [2.75, 3.05) is 23.9 Å². The number of fused-ring (bicyclic) bond motifs is 1. The van der Waals surface area contributed by atoms with E-state index in [2.05, 4.69) is 10.6 Å². The lowest BCUT2D eigenvalue weighted by Gasteiger charge is -2.17. The third-order valence-corrected chi connectivity index (χ3v) is 3.95. The molecule has 5 heteroatoms. The van der Waals surface area contributed by atoms with Crippen LogP contribution in [0.4, 0.5) is 10.5 Å². The largest absolute Gasteiger partial charge is 0.396 e. The minimum absolute atomic E-state index is 0.0278. The number of aliphatic hydroxyl groups excluding tert-OH is 1. The van der Waals surface area contributed by atoms with E-state index < -0.39 is 0 Å². The van der Waals surface area contributed by atoms with Crippen LogP contribution in [0.5, 0.6) is 0 Å². The number of carbonyl (C=O) groups is 1. The van der Waals surface area contributed by atoms with E-state index in [1.807, 2.05) is 48.7 Å². The normalized spacial score (nSPS) is 12.1. The van der Waals surface area contributed by atoms with Crippen molar-refractivity contribution < 1.29 is 9.90 Å². The van der Waals surface area contributed by atoms with Gasteiger partial charge in [-0.3, -0.25) is 0 Å². The maximum Gasteiger partial charge on any atom is 0.319 e. The third kappa shape index (κ3) is 4.37. The molecule has 112 valence electrons. The van der Waals surface area contributed by atoms with Crippen LogP contribution in [-0.2, 0) is 0 Å². The molecule has 0 aliphatic heterocycles. The van der Waals surface area contributed by atoms with E-state index in [0.29, 0.717) is 6.42 Å². The van der Waals surface area contributed by atoms with Gasteiger partial charge in [0.1, 0.15) is 0 Å². The lowest BCUT2D eigenvalue weighted by molar-refractivity contribution is 0.241. The molecule has 0 unspecified atom stereocenters. The zero-order valence-electron chi connectivity index (χ0n) is 12.0. The summed E-state index contributed by atoms with van der Waals surface area (Å²) in [4.78, 5) is 12.1. The zero-order chi connectivity index (χ0) is 15.1. The molecule has 0 saturated heterocycles. The van der Waals surface area contributed by atoms with E-state index in [0.717, 1.165) is 22.2 Å². The summed E-state index contributed by atoms with van der Waals surface area (Å²) in [6.07, 6.45) is 2.54. The highest BCUT2D eigenvalue weighted by molar-refractivity contribution is 7.98. The first-order chi connectivity index (χ1) is 10.2. The van der Waals surface area contributed by atoms with Gasteiger partial charge in [-0.1, -0.05) is 36.4 Å². The van der Waals surface area contributed by atoms with Gasteiger partial charge in [-0.25, -0.2) is 4.79 Å². The predicted molar refractivity (Wildman–Crippen MR) is 90.0 cm³/mol.